The molecule has 1 aromatic rings. The van der Waals surface area contributed by atoms with Crippen LogP contribution in [0.1, 0.15) is 6.92 Å². The Hall–Kier alpha value is -1.71. The van der Waals surface area contributed by atoms with Gasteiger partial charge in [0.15, 0.2) is 0 Å². The average molecular weight is 262 g/mol. The second-order valence-corrected chi connectivity index (χ2v) is 4.65. The molecule has 9 heteroatoms. The fourth-order valence-electron chi connectivity index (χ4n) is 1.17. The summed E-state index contributed by atoms with van der Waals surface area (Å²) >= 11 is 0. The van der Waals surface area contributed by atoms with Crippen molar-refractivity contribution < 1.29 is 23.0 Å². The standard InChI is InChI=1S/C8H10N2O6S/c1-5(11)9-7-3-2-6(17(14,15)16)4-8(7)10(12)13/h2-5,9,11H,1H3,(H,14,15,16). The molecule has 0 radical (unpaired) electrons. The van der Waals surface area contributed by atoms with Crippen molar-refractivity contribution in [1.82, 2.24) is 0 Å². The SMILES string of the molecule is CC(O)Nc1ccc(S(=O)(=O)O)cc1[N+](=O)[O-]. The van der Waals surface area contributed by atoms with Gasteiger partial charge >= 0.3 is 0 Å². The van der Waals surface area contributed by atoms with Crippen LogP contribution in [-0.2, 0) is 10.1 Å². The van der Waals surface area contributed by atoms with E-state index in [1.807, 2.05) is 0 Å². The van der Waals surface area contributed by atoms with E-state index in [0.29, 0.717) is 6.07 Å². The van der Waals surface area contributed by atoms with Crippen LogP contribution in [0.4, 0.5) is 11.4 Å². The van der Waals surface area contributed by atoms with Crippen LogP contribution in [0.5, 0.6) is 0 Å². The molecule has 0 saturated carbocycles. The third-order valence-electron chi connectivity index (χ3n) is 1.83. The molecule has 1 rings (SSSR count). The summed E-state index contributed by atoms with van der Waals surface area (Å²) in [5, 5.41) is 22.1. The van der Waals surface area contributed by atoms with E-state index in [-0.39, 0.29) is 5.69 Å². The Morgan fingerprint density at radius 2 is 2.06 bits per heavy atom. The average Bonchev–Trinajstić information content (AvgIpc) is 2.15. The Kier molecular flexibility index (Phi) is 3.66. The van der Waals surface area contributed by atoms with E-state index in [1.165, 1.54) is 6.92 Å². The Morgan fingerprint density at radius 3 is 2.47 bits per heavy atom. The van der Waals surface area contributed by atoms with Crippen LogP contribution in [0.25, 0.3) is 0 Å². The molecule has 1 unspecified atom stereocenters. The zero-order chi connectivity index (χ0) is 13.2. The molecular formula is C8H10N2O6S. The number of aliphatic hydroxyl groups excluding tert-OH is 1. The number of nitro benzene ring substituents is 1. The van der Waals surface area contributed by atoms with Crippen molar-refractivity contribution in [3.8, 4) is 0 Å². The van der Waals surface area contributed by atoms with Gasteiger partial charge in [-0.3, -0.25) is 14.7 Å². The summed E-state index contributed by atoms with van der Waals surface area (Å²) < 4.78 is 30.4. The maximum atomic E-state index is 10.8. The van der Waals surface area contributed by atoms with Gasteiger partial charge in [0.25, 0.3) is 15.8 Å². The lowest BCUT2D eigenvalue weighted by molar-refractivity contribution is -0.384. The first-order valence-corrected chi connectivity index (χ1v) is 5.86. The van der Waals surface area contributed by atoms with Gasteiger partial charge in [0.05, 0.1) is 4.92 Å². The number of hydrogen-bond acceptors (Lipinski definition) is 6. The van der Waals surface area contributed by atoms with Crippen LogP contribution in [0.2, 0.25) is 0 Å². The normalized spacial score (nSPS) is 13.1. The minimum Gasteiger partial charge on any atom is -0.374 e. The molecule has 0 amide bonds. The van der Waals surface area contributed by atoms with Crippen molar-refractivity contribution in [2.24, 2.45) is 0 Å². The molecule has 0 aliphatic rings. The monoisotopic (exact) mass is 262 g/mol. The van der Waals surface area contributed by atoms with Crippen molar-refractivity contribution in [1.29, 1.82) is 0 Å². The van der Waals surface area contributed by atoms with Gasteiger partial charge < -0.3 is 10.4 Å². The quantitative estimate of drug-likeness (QED) is 0.313. The predicted octanol–water partition coefficient (Wildman–Crippen LogP) is 0.592. The number of benzene rings is 1. The highest BCUT2D eigenvalue weighted by Gasteiger charge is 2.20. The van der Waals surface area contributed by atoms with E-state index in [0.717, 1.165) is 12.1 Å². The Bertz CT molecular complexity index is 539. The van der Waals surface area contributed by atoms with Crippen LogP contribution in [0.3, 0.4) is 0 Å². The molecule has 0 aromatic heterocycles. The fourth-order valence-corrected chi connectivity index (χ4v) is 1.67. The molecule has 3 N–H and O–H groups in total. The molecule has 1 aromatic carbocycles. The molecule has 0 bridgehead atoms. The second kappa shape index (κ2) is 4.65. The van der Waals surface area contributed by atoms with Crippen LogP contribution in [-0.4, -0.2) is 29.2 Å². The number of nitrogens with zero attached hydrogens (tertiary/aromatic N) is 1. The number of rotatable bonds is 4. The summed E-state index contributed by atoms with van der Waals surface area (Å²) in [6.07, 6.45) is -1.04. The zero-order valence-corrected chi connectivity index (χ0v) is 9.51. The molecular weight excluding hydrogens is 252 g/mol. The zero-order valence-electron chi connectivity index (χ0n) is 8.69. The van der Waals surface area contributed by atoms with E-state index >= 15 is 0 Å². The molecule has 0 aliphatic heterocycles. The van der Waals surface area contributed by atoms with Crippen LogP contribution >= 0.6 is 0 Å². The minimum absolute atomic E-state index is 0.0441. The number of hydrogen-bond donors (Lipinski definition) is 3. The third kappa shape index (κ3) is 3.37. The maximum Gasteiger partial charge on any atom is 0.294 e. The second-order valence-electron chi connectivity index (χ2n) is 3.23. The Labute approximate surface area is 96.8 Å². The molecule has 17 heavy (non-hydrogen) atoms. The van der Waals surface area contributed by atoms with Gasteiger partial charge in [-0.25, -0.2) is 0 Å². The van der Waals surface area contributed by atoms with Gasteiger partial charge in [-0.05, 0) is 19.1 Å². The summed E-state index contributed by atoms with van der Waals surface area (Å²) in [6, 6.07) is 2.79. The Morgan fingerprint density at radius 1 is 1.47 bits per heavy atom. The number of aliphatic hydroxyl groups is 1. The lowest BCUT2D eigenvalue weighted by Crippen LogP contribution is -2.14. The highest BCUT2D eigenvalue weighted by molar-refractivity contribution is 7.85. The molecule has 1 atom stereocenters. The summed E-state index contributed by atoms with van der Waals surface area (Å²) in [5.41, 5.74) is -0.599. The van der Waals surface area contributed by atoms with Gasteiger partial charge in [-0.15, -0.1) is 0 Å². The van der Waals surface area contributed by atoms with E-state index < -0.39 is 31.9 Å². The van der Waals surface area contributed by atoms with Crippen molar-refractivity contribution in [3.63, 3.8) is 0 Å². The molecule has 0 saturated heterocycles. The molecule has 0 aliphatic carbocycles. The summed E-state index contributed by atoms with van der Waals surface area (Å²) in [4.78, 5) is 9.29. The van der Waals surface area contributed by atoms with Crippen molar-refractivity contribution in [2.75, 3.05) is 5.32 Å². The van der Waals surface area contributed by atoms with Gasteiger partial charge in [0.1, 0.15) is 16.8 Å². The van der Waals surface area contributed by atoms with Gasteiger partial charge in [0.2, 0.25) is 0 Å². The van der Waals surface area contributed by atoms with Crippen molar-refractivity contribution >= 4 is 21.5 Å². The topological polar surface area (TPSA) is 130 Å². The number of anilines is 1. The highest BCUT2D eigenvalue weighted by atomic mass is 32.2. The van der Waals surface area contributed by atoms with Crippen molar-refractivity contribution in [2.45, 2.75) is 18.0 Å². The van der Waals surface area contributed by atoms with Gasteiger partial charge in [-0.2, -0.15) is 8.42 Å². The van der Waals surface area contributed by atoms with Crippen LogP contribution in [0, 0.1) is 10.1 Å². The molecule has 94 valence electrons. The lowest BCUT2D eigenvalue weighted by atomic mass is 10.2. The van der Waals surface area contributed by atoms with Crippen LogP contribution in [0.15, 0.2) is 23.1 Å². The molecule has 0 fully saturated rings. The summed E-state index contributed by atoms with van der Waals surface area (Å²) in [7, 11) is -4.50. The summed E-state index contributed by atoms with van der Waals surface area (Å²) in [5.74, 6) is 0. The first kappa shape index (κ1) is 13.4. The maximum absolute atomic E-state index is 10.8. The van der Waals surface area contributed by atoms with Crippen molar-refractivity contribution in [3.05, 3.63) is 28.3 Å². The molecule has 8 nitrogen and oxygen atoms in total. The first-order valence-electron chi connectivity index (χ1n) is 4.42. The van der Waals surface area contributed by atoms with Crippen LogP contribution < -0.4 is 5.32 Å². The highest BCUT2D eigenvalue weighted by Crippen LogP contribution is 2.27. The van der Waals surface area contributed by atoms with E-state index in [9.17, 15) is 18.5 Å². The van der Waals surface area contributed by atoms with E-state index in [4.69, 9.17) is 9.66 Å². The largest absolute Gasteiger partial charge is 0.374 e. The van der Waals surface area contributed by atoms with E-state index in [2.05, 4.69) is 5.32 Å². The minimum atomic E-state index is -4.50. The smallest absolute Gasteiger partial charge is 0.294 e. The lowest BCUT2D eigenvalue weighted by Gasteiger charge is -2.09. The van der Waals surface area contributed by atoms with E-state index in [1.54, 1.807) is 0 Å². The summed E-state index contributed by atoms with van der Waals surface area (Å²) in [6.45, 7) is 1.35. The predicted molar refractivity (Wildman–Crippen MR) is 58.2 cm³/mol. The molecule has 0 spiro atoms. The Balaban J connectivity index is 3.32. The van der Waals surface area contributed by atoms with Gasteiger partial charge in [0, 0.05) is 6.07 Å². The molecule has 0 heterocycles. The number of nitro groups is 1. The number of nitrogens with one attached hydrogen (secondary N) is 1. The van der Waals surface area contributed by atoms with Gasteiger partial charge in [-0.1, -0.05) is 0 Å². The third-order valence-corrected chi connectivity index (χ3v) is 2.68. The first-order chi connectivity index (χ1) is 7.71. The fraction of sp³-hybridized carbons (Fsp3) is 0.250.